The van der Waals surface area contributed by atoms with Crippen LogP contribution in [0, 0.1) is 12.7 Å². The number of thiophene rings is 1. The maximum absolute atomic E-state index is 14.2. The van der Waals surface area contributed by atoms with Crippen molar-refractivity contribution in [2.24, 2.45) is 0 Å². The lowest BCUT2D eigenvalue weighted by atomic mass is 10.2. The molecule has 2 heterocycles. The molecule has 0 radical (unpaired) electrons. The summed E-state index contributed by atoms with van der Waals surface area (Å²) in [6, 6.07) is 14.3. The zero-order chi connectivity index (χ0) is 19.0. The Morgan fingerprint density at radius 2 is 1.96 bits per heavy atom. The van der Waals surface area contributed by atoms with Gasteiger partial charge in [-0.1, -0.05) is 36.4 Å². The molecule has 0 spiro atoms. The summed E-state index contributed by atoms with van der Waals surface area (Å²) in [4.78, 5) is 29.6. The van der Waals surface area contributed by atoms with E-state index in [1.54, 1.807) is 19.1 Å². The molecule has 0 aliphatic rings. The fraction of sp³-hybridized carbons (Fsp3) is 0.150. The molecule has 2 aromatic heterocycles. The highest BCUT2D eigenvalue weighted by Crippen LogP contribution is 2.32. The van der Waals surface area contributed by atoms with Crippen molar-refractivity contribution in [1.82, 2.24) is 14.9 Å². The molecule has 1 N–H and O–H groups in total. The molecule has 0 bridgehead atoms. The van der Waals surface area contributed by atoms with Crippen LogP contribution < -0.4 is 10.9 Å². The Balaban J connectivity index is 1.66. The van der Waals surface area contributed by atoms with E-state index in [2.05, 4.69) is 10.3 Å². The van der Waals surface area contributed by atoms with Gasteiger partial charge in [0.15, 0.2) is 0 Å². The van der Waals surface area contributed by atoms with Crippen LogP contribution in [-0.2, 0) is 17.9 Å². The van der Waals surface area contributed by atoms with Crippen molar-refractivity contribution in [2.45, 2.75) is 20.0 Å². The lowest BCUT2D eigenvalue weighted by Gasteiger charge is -2.10. The van der Waals surface area contributed by atoms with E-state index < -0.39 is 5.82 Å². The van der Waals surface area contributed by atoms with E-state index in [4.69, 9.17) is 0 Å². The summed E-state index contributed by atoms with van der Waals surface area (Å²) < 4.78 is 16.5. The lowest BCUT2D eigenvalue weighted by Crippen LogP contribution is -2.33. The van der Waals surface area contributed by atoms with Crippen LogP contribution in [0.3, 0.4) is 0 Å². The largest absolute Gasteiger partial charge is 0.350 e. The number of fused-ring (bicyclic) bond motifs is 3. The van der Waals surface area contributed by atoms with Crippen molar-refractivity contribution in [3.05, 3.63) is 76.1 Å². The monoisotopic (exact) mass is 381 g/mol. The molecule has 5 nitrogen and oxygen atoms in total. The summed E-state index contributed by atoms with van der Waals surface area (Å²) in [5.41, 5.74) is 1.01. The Hall–Kier alpha value is -3.06. The van der Waals surface area contributed by atoms with Crippen molar-refractivity contribution in [3.63, 3.8) is 0 Å². The molecule has 0 saturated carbocycles. The molecule has 0 fully saturated rings. The minimum absolute atomic E-state index is 0.128. The van der Waals surface area contributed by atoms with Gasteiger partial charge in [0.05, 0.1) is 10.9 Å². The van der Waals surface area contributed by atoms with Crippen molar-refractivity contribution in [1.29, 1.82) is 0 Å². The molecule has 0 aliphatic heterocycles. The van der Waals surface area contributed by atoms with Crippen LogP contribution >= 0.6 is 11.3 Å². The first-order valence-corrected chi connectivity index (χ1v) is 9.25. The number of carbonyl (C=O) groups excluding carboxylic acids is 1. The van der Waals surface area contributed by atoms with Crippen LogP contribution in [0.25, 0.3) is 20.3 Å². The van der Waals surface area contributed by atoms with Crippen LogP contribution in [0.5, 0.6) is 0 Å². The third-order valence-corrected chi connectivity index (χ3v) is 5.51. The molecule has 136 valence electrons. The van der Waals surface area contributed by atoms with E-state index in [-0.39, 0.29) is 18.0 Å². The van der Waals surface area contributed by atoms with Crippen LogP contribution in [0.15, 0.2) is 53.3 Å². The summed E-state index contributed by atoms with van der Waals surface area (Å²) in [6.45, 7) is 1.91. The topological polar surface area (TPSA) is 64.0 Å². The van der Waals surface area contributed by atoms with Gasteiger partial charge in [-0.25, -0.2) is 9.37 Å². The number of hydrogen-bond acceptors (Lipinski definition) is 4. The van der Waals surface area contributed by atoms with E-state index in [0.29, 0.717) is 32.7 Å². The van der Waals surface area contributed by atoms with E-state index in [1.165, 1.54) is 22.0 Å². The molecule has 0 aliphatic carbocycles. The highest BCUT2D eigenvalue weighted by molar-refractivity contribution is 7.25. The Morgan fingerprint density at radius 3 is 2.74 bits per heavy atom. The Bertz CT molecular complexity index is 1210. The number of nitrogens with one attached hydrogen (secondary N) is 1. The number of halogens is 1. The number of aryl methyl sites for hydroxylation is 1. The minimum Gasteiger partial charge on any atom is -0.350 e. The summed E-state index contributed by atoms with van der Waals surface area (Å²) in [6.07, 6.45) is 0. The molecule has 4 rings (SSSR count). The molecule has 0 atom stereocenters. The van der Waals surface area contributed by atoms with Gasteiger partial charge in [-0.15, -0.1) is 11.3 Å². The fourth-order valence-electron chi connectivity index (χ4n) is 3.02. The Morgan fingerprint density at radius 1 is 1.19 bits per heavy atom. The van der Waals surface area contributed by atoms with Crippen molar-refractivity contribution >= 4 is 37.5 Å². The summed E-state index contributed by atoms with van der Waals surface area (Å²) in [5, 5.41) is 3.16. The number of aromatic nitrogens is 2. The van der Waals surface area contributed by atoms with Gasteiger partial charge >= 0.3 is 0 Å². The second-order valence-corrected chi connectivity index (χ2v) is 7.26. The van der Waals surface area contributed by atoms with Crippen molar-refractivity contribution in [3.8, 4) is 0 Å². The van der Waals surface area contributed by atoms with Crippen molar-refractivity contribution < 1.29 is 9.18 Å². The van der Waals surface area contributed by atoms with Crippen LogP contribution in [0.2, 0.25) is 0 Å². The molecule has 0 unspecified atom stereocenters. The van der Waals surface area contributed by atoms with Gasteiger partial charge in [-0.05, 0) is 24.6 Å². The average Bonchev–Trinajstić information content (AvgIpc) is 3.04. The zero-order valence-corrected chi connectivity index (χ0v) is 15.3. The van der Waals surface area contributed by atoms with Gasteiger partial charge in [-0.3, -0.25) is 14.2 Å². The molecule has 2 aromatic carbocycles. The van der Waals surface area contributed by atoms with Crippen LogP contribution in [0.1, 0.15) is 11.4 Å². The maximum atomic E-state index is 14.2. The molecule has 1 amide bonds. The quantitative estimate of drug-likeness (QED) is 0.589. The predicted octanol–water partition coefficient (Wildman–Crippen LogP) is 3.38. The van der Waals surface area contributed by atoms with Crippen LogP contribution in [0.4, 0.5) is 4.39 Å². The van der Waals surface area contributed by atoms with Gasteiger partial charge in [0, 0.05) is 11.2 Å². The standard InChI is InChI=1S/C20H16FN3O2S/c1-12-23-18-17-14(21)8-5-9-15(17)27-19(18)20(26)24(12)11-16(25)22-10-13-6-3-2-4-7-13/h2-9H,10-11H2,1H3,(H,22,25). The van der Waals surface area contributed by atoms with E-state index in [1.807, 2.05) is 30.3 Å². The Labute approximate surface area is 158 Å². The fourth-order valence-corrected chi connectivity index (χ4v) is 4.12. The first-order valence-electron chi connectivity index (χ1n) is 8.43. The molecule has 27 heavy (non-hydrogen) atoms. The third-order valence-electron chi connectivity index (χ3n) is 4.38. The maximum Gasteiger partial charge on any atom is 0.272 e. The molecule has 7 heteroatoms. The average molecular weight is 381 g/mol. The summed E-state index contributed by atoms with van der Waals surface area (Å²) >= 11 is 1.20. The number of nitrogens with zero attached hydrogens (tertiary/aromatic N) is 2. The van der Waals surface area contributed by atoms with Gasteiger partial charge in [0.25, 0.3) is 5.56 Å². The first kappa shape index (κ1) is 17.4. The Kier molecular flexibility index (Phi) is 4.45. The zero-order valence-electron chi connectivity index (χ0n) is 14.5. The van der Waals surface area contributed by atoms with Gasteiger partial charge in [0.1, 0.15) is 22.9 Å². The summed E-state index contributed by atoms with van der Waals surface area (Å²) in [7, 11) is 0. The van der Waals surface area contributed by atoms with Gasteiger partial charge in [0.2, 0.25) is 5.91 Å². The molecular formula is C20H16FN3O2S. The van der Waals surface area contributed by atoms with Crippen LogP contribution in [-0.4, -0.2) is 15.5 Å². The lowest BCUT2D eigenvalue weighted by molar-refractivity contribution is -0.121. The number of hydrogen-bond donors (Lipinski definition) is 1. The second-order valence-electron chi connectivity index (χ2n) is 6.21. The number of rotatable bonds is 4. The molecule has 4 aromatic rings. The normalized spacial score (nSPS) is 11.2. The SMILES string of the molecule is Cc1nc2c(sc3cccc(F)c32)c(=O)n1CC(=O)NCc1ccccc1. The highest BCUT2D eigenvalue weighted by Gasteiger charge is 2.17. The molecular weight excluding hydrogens is 365 g/mol. The van der Waals surface area contributed by atoms with Gasteiger partial charge < -0.3 is 5.32 Å². The van der Waals surface area contributed by atoms with E-state index in [9.17, 15) is 14.0 Å². The first-order chi connectivity index (χ1) is 13.0. The minimum atomic E-state index is -0.400. The van der Waals surface area contributed by atoms with Gasteiger partial charge in [-0.2, -0.15) is 0 Å². The van der Waals surface area contributed by atoms with Crippen molar-refractivity contribution in [2.75, 3.05) is 0 Å². The number of amides is 1. The smallest absolute Gasteiger partial charge is 0.272 e. The second kappa shape index (κ2) is 6.92. The third kappa shape index (κ3) is 3.21. The number of benzene rings is 2. The van der Waals surface area contributed by atoms with E-state index >= 15 is 0 Å². The highest BCUT2D eigenvalue weighted by atomic mass is 32.1. The summed E-state index contributed by atoms with van der Waals surface area (Å²) in [5.74, 6) is -0.300. The molecule has 0 saturated heterocycles. The van der Waals surface area contributed by atoms with E-state index in [0.717, 1.165) is 5.56 Å². The predicted molar refractivity (Wildman–Crippen MR) is 104 cm³/mol. The number of carbonyl (C=O) groups is 1.